The minimum absolute atomic E-state index is 0.393. The van der Waals surface area contributed by atoms with Gasteiger partial charge in [-0.05, 0) is 45.0 Å². The second-order valence-electron chi connectivity index (χ2n) is 5.44. The van der Waals surface area contributed by atoms with Crippen LogP contribution >= 0.6 is 0 Å². The fourth-order valence-corrected chi connectivity index (χ4v) is 2.23. The lowest BCUT2D eigenvalue weighted by Gasteiger charge is -2.20. The van der Waals surface area contributed by atoms with Gasteiger partial charge in [0.1, 0.15) is 5.82 Å². The molecule has 0 aliphatic heterocycles. The molecule has 108 valence electrons. The zero-order chi connectivity index (χ0) is 15.0. The van der Waals surface area contributed by atoms with E-state index in [0.29, 0.717) is 11.5 Å². The van der Waals surface area contributed by atoms with Crippen LogP contribution in [0.15, 0.2) is 36.5 Å². The highest BCUT2D eigenvalue weighted by Crippen LogP contribution is 2.22. The third-order valence-electron chi connectivity index (χ3n) is 2.83. The second kappa shape index (κ2) is 4.82. The topological polar surface area (TPSA) is 90.0 Å². The van der Waals surface area contributed by atoms with Gasteiger partial charge in [-0.15, -0.1) is 0 Å². The Bertz CT molecular complexity index is 697. The minimum atomic E-state index is -3.49. The molecule has 0 unspecified atom stereocenters. The van der Waals surface area contributed by atoms with E-state index in [9.17, 15) is 8.42 Å². The van der Waals surface area contributed by atoms with E-state index in [2.05, 4.69) is 9.82 Å². The monoisotopic (exact) mass is 294 g/mol. The molecule has 7 heteroatoms. The van der Waals surface area contributed by atoms with Gasteiger partial charge in [-0.3, -0.25) is 4.72 Å². The van der Waals surface area contributed by atoms with Gasteiger partial charge in [0.2, 0.25) is 10.0 Å². The predicted molar refractivity (Wildman–Crippen MR) is 80.3 cm³/mol. The van der Waals surface area contributed by atoms with Gasteiger partial charge in [-0.25, -0.2) is 13.1 Å². The molecule has 0 fully saturated rings. The van der Waals surface area contributed by atoms with Crippen molar-refractivity contribution in [2.75, 3.05) is 10.5 Å². The Balaban J connectivity index is 2.37. The van der Waals surface area contributed by atoms with Crippen molar-refractivity contribution in [2.24, 2.45) is 0 Å². The molecule has 2 aromatic rings. The van der Waals surface area contributed by atoms with Crippen LogP contribution in [0, 0.1) is 0 Å². The van der Waals surface area contributed by atoms with Crippen LogP contribution in [0.5, 0.6) is 0 Å². The average Bonchev–Trinajstić information content (AvgIpc) is 2.76. The molecular formula is C13H18N4O2S. The molecule has 0 saturated heterocycles. The van der Waals surface area contributed by atoms with Crippen LogP contribution in [0.2, 0.25) is 0 Å². The van der Waals surface area contributed by atoms with Crippen molar-refractivity contribution in [1.82, 2.24) is 9.78 Å². The molecule has 20 heavy (non-hydrogen) atoms. The Morgan fingerprint density at radius 3 is 2.30 bits per heavy atom. The Hall–Kier alpha value is -2.02. The molecule has 0 saturated carbocycles. The molecule has 0 spiro atoms. The van der Waals surface area contributed by atoms with E-state index in [4.69, 9.17) is 5.73 Å². The van der Waals surface area contributed by atoms with E-state index in [0.717, 1.165) is 5.69 Å². The van der Waals surface area contributed by atoms with Gasteiger partial charge in [-0.2, -0.15) is 5.10 Å². The van der Waals surface area contributed by atoms with Gasteiger partial charge in [-0.1, -0.05) is 0 Å². The molecule has 0 aliphatic carbocycles. The molecule has 1 heterocycles. The van der Waals surface area contributed by atoms with Crippen molar-refractivity contribution in [3.8, 4) is 5.69 Å². The second-order valence-corrected chi connectivity index (χ2v) is 7.87. The summed E-state index contributed by atoms with van der Waals surface area (Å²) < 4.78 is 27.5. The maximum absolute atomic E-state index is 12.2. The first-order valence-corrected chi connectivity index (χ1v) is 7.61. The molecule has 1 aromatic carbocycles. The lowest BCUT2D eigenvalue weighted by molar-refractivity contribution is 0.565. The lowest BCUT2D eigenvalue weighted by Crippen LogP contribution is -2.34. The Kier molecular flexibility index (Phi) is 3.47. The highest BCUT2D eigenvalue weighted by Gasteiger charge is 2.29. The first-order chi connectivity index (χ1) is 9.21. The maximum atomic E-state index is 12.2. The molecule has 6 nitrogen and oxygen atoms in total. The zero-order valence-electron chi connectivity index (χ0n) is 11.7. The molecule has 2 rings (SSSR count). The summed E-state index contributed by atoms with van der Waals surface area (Å²) in [6.07, 6.45) is 1.54. The summed E-state index contributed by atoms with van der Waals surface area (Å²) in [6, 6.07) is 8.63. The zero-order valence-corrected chi connectivity index (χ0v) is 12.5. The third-order valence-corrected chi connectivity index (χ3v) is 4.92. The number of anilines is 2. The summed E-state index contributed by atoms with van der Waals surface area (Å²) >= 11 is 0. The Labute approximate surface area is 118 Å². The van der Waals surface area contributed by atoms with Crippen LogP contribution in [0.3, 0.4) is 0 Å². The van der Waals surface area contributed by atoms with E-state index >= 15 is 0 Å². The van der Waals surface area contributed by atoms with Crippen molar-refractivity contribution < 1.29 is 8.42 Å². The average molecular weight is 294 g/mol. The molecule has 0 atom stereocenters. The highest BCUT2D eigenvalue weighted by molar-refractivity contribution is 7.94. The summed E-state index contributed by atoms with van der Waals surface area (Å²) in [5.74, 6) is 0.393. The minimum Gasteiger partial charge on any atom is -0.399 e. The molecule has 1 aromatic heterocycles. The Morgan fingerprint density at radius 1 is 1.15 bits per heavy atom. The number of nitrogens with zero attached hydrogens (tertiary/aromatic N) is 2. The SMILES string of the molecule is CC(C)(C)S(=O)(=O)Nc1ccnn1-c1ccc(N)cc1. The van der Waals surface area contributed by atoms with Gasteiger partial charge in [0.25, 0.3) is 0 Å². The van der Waals surface area contributed by atoms with E-state index in [-0.39, 0.29) is 0 Å². The summed E-state index contributed by atoms with van der Waals surface area (Å²) in [5.41, 5.74) is 7.00. The highest BCUT2D eigenvalue weighted by atomic mass is 32.2. The van der Waals surface area contributed by atoms with Gasteiger partial charge < -0.3 is 5.73 Å². The molecule has 0 aliphatic rings. The molecule has 3 N–H and O–H groups in total. The van der Waals surface area contributed by atoms with Crippen LogP contribution in [-0.2, 0) is 10.0 Å². The molecular weight excluding hydrogens is 276 g/mol. The largest absolute Gasteiger partial charge is 0.399 e. The fraction of sp³-hybridized carbons (Fsp3) is 0.308. The van der Waals surface area contributed by atoms with Crippen molar-refractivity contribution in [1.29, 1.82) is 0 Å². The van der Waals surface area contributed by atoms with Crippen LogP contribution < -0.4 is 10.5 Å². The van der Waals surface area contributed by atoms with Crippen molar-refractivity contribution in [3.05, 3.63) is 36.5 Å². The van der Waals surface area contributed by atoms with E-state index in [1.165, 1.54) is 10.9 Å². The normalized spacial score (nSPS) is 12.3. The van der Waals surface area contributed by atoms with E-state index in [1.54, 1.807) is 51.1 Å². The lowest BCUT2D eigenvalue weighted by atomic mass is 10.3. The predicted octanol–water partition coefficient (Wildman–Crippen LogP) is 1.99. The van der Waals surface area contributed by atoms with E-state index < -0.39 is 14.8 Å². The number of nitrogen functional groups attached to an aromatic ring is 1. The van der Waals surface area contributed by atoms with Crippen LogP contribution in [0.1, 0.15) is 20.8 Å². The summed E-state index contributed by atoms with van der Waals surface area (Å²) in [7, 11) is -3.49. The number of nitrogens with one attached hydrogen (secondary N) is 1. The first kappa shape index (κ1) is 14.4. The summed E-state index contributed by atoms with van der Waals surface area (Å²) in [6.45, 7) is 4.91. The Morgan fingerprint density at radius 2 is 1.75 bits per heavy atom. The summed E-state index contributed by atoms with van der Waals surface area (Å²) in [4.78, 5) is 0. The van der Waals surface area contributed by atoms with Crippen LogP contribution in [-0.4, -0.2) is 22.9 Å². The number of rotatable bonds is 3. The quantitative estimate of drug-likeness (QED) is 0.847. The summed E-state index contributed by atoms with van der Waals surface area (Å²) in [5, 5.41) is 4.13. The fourth-order valence-electron chi connectivity index (χ4n) is 1.49. The van der Waals surface area contributed by atoms with Gasteiger partial charge in [0.15, 0.2) is 0 Å². The number of aromatic nitrogens is 2. The van der Waals surface area contributed by atoms with Crippen molar-refractivity contribution >= 4 is 21.5 Å². The van der Waals surface area contributed by atoms with Gasteiger partial charge in [0.05, 0.1) is 16.6 Å². The van der Waals surface area contributed by atoms with Crippen molar-refractivity contribution in [3.63, 3.8) is 0 Å². The number of hydrogen-bond donors (Lipinski definition) is 2. The van der Waals surface area contributed by atoms with Crippen LogP contribution in [0.25, 0.3) is 5.69 Å². The molecule has 0 amide bonds. The first-order valence-electron chi connectivity index (χ1n) is 6.13. The molecule has 0 bridgehead atoms. The molecule has 0 radical (unpaired) electrons. The third kappa shape index (κ3) is 2.77. The standard InChI is InChI=1S/C13H18N4O2S/c1-13(2,3)20(18,19)16-12-8-9-15-17(12)11-6-4-10(14)5-7-11/h4-9,16H,14H2,1-3H3. The number of hydrogen-bond acceptors (Lipinski definition) is 4. The number of sulfonamides is 1. The van der Waals surface area contributed by atoms with Crippen molar-refractivity contribution in [2.45, 2.75) is 25.5 Å². The number of benzene rings is 1. The van der Waals surface area contributed by atoms with E-state index in [1.807, 2.05) is 0 Å². The smallest absolute Gasteiger partial charge is 0.238 e. The van der Waals surface area contributed by atoms with Gasteiger partial charge in [0, 0.05) is 11.8 Å². The van der Waals surface area contributed by atoms with Gasteiger partial charge >= 0.3 is 0 Å². The van der Waals surface area contributed by atoms with Crippen LogP contribution in [0.4, 0.5) is 11.5 Å². The number of nitrogens with two attached hydrogens (primary N) is 1. The maximum Gasteiger partial charge on any atom is 0.238 e.